The Kier molecular flexibility index (Phi) is 4.94. The maximum absolute atomic E-state index is 12.9. The van der Waals surface area contributed by atoms with Crippen LogP contribution in [0.1, 0.15) is 26.6 Å². The molecule has 2 aromatic heterocycles. The summed E-state index contributed by atoms with van der Waals surface area (Å²) in [7, 11) is 1.77. The lowest BCUT2D eigenvalue weighted by Crippen LogP contribution is -2.59. The number of rotatable bonds is 2. The molecule has 0 radical (unpaired) electrons. The molecule has 2 fully saturated rings. The van der Waals surface area contributed by atoms with Gasteiger partial charge in [0.1, 0.15) is 0 Å². The van der Waals surface area contributed by atoms with Crippen molar-refractivity contribution >= 4 is 23.2 Å². The highest BCUT2D eigenvalue weighted by molar-refractivity contribution is 7.11. The van der Waals surface area contributed by atoms with Crippen LogP contribution < -0.4 is 0 Å². The minimum atomic E-state index is -1.01. The van der Waals surface area contributed by atoms with Crippen molar-refractivity contribution in [2.45, 2.75) is 12.2 Å². The Morgan fingerprint density at radius 2 is 1.93 bits per heavy atom. The summed E-state index contributed by atoms with van der Waals surface area (Å²) < 4.78 is 13.6. The summed E-state index contributed by atoms with van der Waals surface area (Å²) in [4.78, 5) is 33.1. The van der Waals surface area contributed by atoms with E-state index in [0.29, 0.717) is 43.3 Å². The summed E-state index contributed by atoms with van der Waals surface area (Å²) in [6, 6.07) is 0. The lowest BCUT2D eigenvalue weighted by atomic mass is 10.1. The second kappa shape index (κ2) is 7.37. The lowest BCUT2D eigenvalue weighted by Gasteiger charge is -2.42. The summed E-state index contributed by atoms with van der Waals surface area (Å²) >= 11 is 1.31. The standard InChI is InChI=1S/C17H21N5O4S/c1-20-10-13(9-19-20)15(23)21-4-2-6-25-17(11-21)12-22(5-7-26-17)16(24)14-18-3-8-27-14/h3,8-10H,2,4-7,11-12H2,1H3. The molecule has 0 N–H and O–H groups in total. The van der Waals surface area contributed by atoms with Crippen molar-refractivity contribution in [3.8, 4) is 0 Å². The second-order valence-electron chi connectivity index (χ2n) is 6.65. The van der Waals surface area contributed by atoms with Crippen molar-refractivity contribution < 1.29 is 19.1 Å². The van der Waals surface area contributed by atoms with Crippen molar-refractivity contribution in [3.63, 3.8) is 0 Å². The minimum absolute atomic E-state index is 0.111. The fourth-order valence-corrected chi connectivity index (χ4v) is 4.00. The number of hydrogen-bond acceptors (Lipinski definition) is 7. The van der Waals surface area contributed by atoms with E-state index in [1.54, 1.807) is 45.5 Å². The monoisotopic (exact) mass is 391 g/mol. The van der Waals surface area contributed by atoms with Crippen LogP contribution in [0.2, 0.25) is 0 Å². The smallest absolute Gasteiger partial charge is 0.283 e. The van der Waals surface area contributed by atoms with Gasteiger partial charge in [-0.3, -0.25) is 14.3 Å². The van der Waals surface area contributed by atoms with Gasteiger partial charge in [0.15, 0.2) is 5.01 Å². The van der Waals surface area contributed by atoms with E-state index < -0.39 is 5.79 Å². The topological polar surface area (TPSA) is 89.8 Å². The third-order valence-corrected chi connectivity index (χ3v) is 5.43. The SMILES string of the molecule is Cn1cc(C(=O)N2CCCOC3(C2)CN(C(=O)c2nccs2)CCO3)cn1. The summed E-state index contributed by atoms with van der Waals surface area (Å²) in [6.45, 7) is 2.39. The van der Waals surface area contributed by atoms with Gasteiger partial charge in [0, 0.05) is 37.9 Å². The number of aryl methyl sites for hydroxylation is 1. The second-order valence-corrected chi connectivity index (χ2v) is 7.55. The van der Waals surface area contributed by atoms with E-state index in [1.165, 1.54) is 11.3 Å². The van der Waals surface area contributed by atoms with Crippen molar-refractivity contribution in [1.29, 1.82) is 0 Å². The maximum Gasteiger partial charge on any atom is 0.283 e. The fraction of sp³-hybridized carbons (Fsp3) is 0.529. The van der Waals surface area contributed by atoms with Crippen LogP contribution in [0.5, 0.6) is 0 Å². The average Bonchev–Trinajstić information content (AvgIpc) is 3.31. The number of aromatic nitrogens is 3. The molecule has 2 aromatic rings. The van der Waals surface area contributed by atoms with Crippen LogP contribution in [-0.2, 0) is 16.5 Å². The van der Waals surface area contributed by atoms with Crippen LogP contribution in [-0.4, -0.2) is 81.6 Å². The van der Waals surface area contributed by atoms with Crippen molar-refractivity contribution in [2.75, 3.05) is 39.4 Å². The van der Waals surface area contributed by atoms with Gasteiger partial charge in [0.2, 0.25) is 5.79 Å². The molecule has 0 aliphatic carbocycles. The van der Waals surface area contributed by atoms with E-state index in [-0.39, 0.29) is 24.9 Å². The van der Waals surface area contributed by atoms with Gasteiger partial charge < -0.3 is 19.3 Å². The lowest BCUT2D eigenvalue weighted by molar-refractivity contribution is -0.258. The molecule has 0 bridgehead atoms. The van der Waals surface area contributed by atoms with Gasteiger partial charge in [-0.25, -0.2) is 4.98 Å². The predicted octanol–water partition coefficient (Wildman–Crippen LogP) is 0.608. The first-order valence-electron chi connectivity index (χ1n) is 8.81. The molecule has 1 spiro atoms. The Morgan fingerprint density at radius 1 is 1.15 bits per heavy atom. The third kappa shape index (κ3) is 3.73. The highest BCUT2D eigenvalue weighted by Gasteiger charge is 2.43. The number of carbonyl (C=O) groups is 2. The molecule has 10 heteroatoms. The van der Waals surface area contributed by atoms with Crippen LogP contribution >= 0.6 is 11.3 Å². The van der Waals surface area contributed by atoms with E-state index in [1.807, 2.05) is 0 Å². The van der Waals surface area contributed by atoms with Gasteiger partial charge in [0.05, 0.1) is 38.1 Å². The van der Waals surface area contributed by atoms with E-state index in [0.717, 1.165) is 0 Å². The van der Waals surface area contributed by atoms with Crippen LogP contribution in [0.4, 0.5) is 0 Å². The summed E-state index contributed by atoms with van der Waals surface area (Å²) in [5.74, 6) is -1.26. The first-order chi connectivity index (χ1) is 13.1. The summed E-state index contributed by atoms with van der Waals surface area (Å²) in [5.41, 5.74) is 0.529. The van der Waals surface area contributed by atoms with E-state index in [9.17, 15) is 9.59 Å². The first-order valence-corrected chi connectivity index (χ1v) is 9.69. The molecule has 4 rings (SSSR count). The number of amides is 2. The molecular formula is C17H21N5O4S. The van der Waals surface area contributed by atoms with Gasteiger partial charge in [-0.05, 0) is 6.42 Å². The van der Waals surface area contributed by atoms with Crippen molar-refractivity contribution in [1.82, 2.24) is 24.6 Å². The van der Waals surface area contributed by atoms with Crippen LogP contribution in [0.15, 0.2) is 24.0 Å². The molecule has 2 aliphatic heterocycles. The maximum atomic E-state index is 12.9. The fourth-order valence-electron chi connectivity index (χ4n) is 3.39. The molecule has 144 valence electrons. The zero-order chi connectivity index (χ0) is 18.9. The Morgan fingerprint density at radius 3 is 2.63 bits per heavy atom. The molecule has 2 amide bonds. The van der Waals surface area contributed by atoms with Gasteiger partial charge in [-0.2, -0.15) is 5.10 Å². The van der Waals surface area contributed by atoms with Crippen LogP contribution in [0, 0.1) is 0 Å². The molecule has 0 saturated carbocycles. The zero-order valence-corrected chi connectivity index (χ0v) is 15.9. The number of ether oxygens (including phenoxy) is 2. The van der Waals surface area contributed by atoms with Gasteiger partial charge in [0.25, 0.3) is 11.8 Å². The molecule has 4 heterocycles. The molecule has 9 nitrogen and oxygen atoms in total. The molecular weight excluding hydrogens is 370 g/mol. The van der Waals surface area contributed by atoms with E-state index in [4.69, 9.17) is 9.47 Å². The van der Waals surface area contributed by atoms with E-state index >= 15 is 0 Å². The number of morpholine rings is 1. The number of nitrogens with zero attached hydrogens (tertiary/aromatic N) is 5. The molecule has 1 unspecified atom stereocenters. The normalized spacial score (nSPS) is 23.4. The average molecular weight is 391 g/mol. The highest BCUT2D eigenvalue weighted by Crippen LogP contribution is 2.26. The number of hydrogen-bond donors (Lipinski definition) is 0. The first kappa shape index (κ1) is 18.1. The van der Waals surface area contributed by atoms with Crippen molar-refractivity contribution in [2.24, 2.45) is 7.05 Å². The minimum Gasteiger partial charge on any atom is -0.347 e. The van der Waals surface area contributed by atoms with Crippen LogP contribution in [0.25, 0.3) is 0 Å². The molecule has 0 aromatic carbocycles. The summed E-state index contributed by atoms with van der Waals surface area (Å²) in [6.07, 6.45) is 5.57. The Balaban J connectivity index is 1.52. The van der Waals surface area contributed by atoms with Gasteiger partial charge in [-0.1, -0.05) is 0 Å². The molecule has 2 aliphatic rings. The third-order valence-electron chi connectivity index (χ3n) is 4.67. The Hall–Kier alpha value is -2.30. The number of thiazole rings is 1. The number of carbonyl (C=O) groups excluding carboxylic acids is 2. The zero-order valence-electron chi connectivity index (χ0n) is 15.0. The summed E-state index contributed by atoms with van der Waals surface area (Å²) in [5, 5.41) is 6.30. The highest BCUT2D eigenvalue weighted by atomic mass is 32.1. The van der Waals surface area contributed by atoms with Crippen molar-refractivity contribution in [3.05, 3.63) is 34.5 Å². The Bertz CT molecular complexity index is 823. The molecule has 2 saturated heterocycles. The van der Waals surface area contributed by atoms with Gasteiger partial charge >= 0.3 is 0 Å². The van der Waals surface area contributed by atoms with E-state index in [2.05, 4.69) is 10.1 Å². The molecule has 1 atom stereocenters. The quantitative estimate of drug-likeness (QED) is 0.745. The Labute approximate surface area is 160 Å². The largest absolute Gasteiger partial charge is 0.347 e. The van der Waals surface area contributed by atoms with Gasteiger partial charge in [-0.15, -0.1) is 11.3 Å². The predicted molar refractivity (Wildman–Crippen MR) is 96.4 cm³/mol. The van der Waals surface area contributed by atoms with Crippen LogP contribution in [0.3, 0.4) is 0 Å². The molecule has 27 heavy (non-hydrogen) atoms.